The molecule has 1 aromatic rings. The lowest BCUT2D eigenvalue weighted by Crippen LogP contribution is -2.59. The summed E-state index contributed by atoms with van der Waals surface area (Å²) >= 11 is 0. The van der Waals surface area contributed by atoms with E-state index in [1.54, 1.807) is 11.9 Å². The van der Waals surface area contributed by atoms with Gasteiger partial charge < -0.3 is 15.7 Å². The van der Waals surface area contributed by atoms with E-state index in [4.69, 9.17) is 10.8 Å². The van der Waals surface area contributed by atoms with Gasteiger partial charge in [-0.1, -0.05) is 0 Å². The van der Waals surface area contributed by atoms with Gasteiger partial charge in [-0.15, -0.1) is 0 Å². The number of nitrogens with two attached hydrogens (primary N) is 1. The highest BCUT2D eigenvalue weighted by molar-refractivity contribution is 5.82. The Labute approximate surface area is 107 Å². The van der Waals surface area contributed by atoms with E-state index in [0.29, 0.717) is 11.3 Å². The van der Waals surface area contributed by atoms with Crippen molar-refractivity contribution in [1.82, 2.24) is 0 Å². The molecule has 1 heterocycles. The molecule has 0 aliphatic carbocycles. The van der Waals surface area contributed by atoms with Gasteiger partial charge in [0.25, 0.3) is 0 Å². The molecule has 0 fully saturated rings. The standard InChI is InChI=1S/C12H13F3N2O2/c1-17-6-11(16,10(18)19)5-7-4-8(12(13,14)15)2-3-9(7)17/h2-4H,5-6,16H2,1H3,(H,18,19). The van der Waals surface area contributed by atoms with Gasteiger partial charge in [0.2, 0.25) is 0 Å². The minimum Gasteiger partial charge on any atom is -0.480 e. The Bertz CT molecular complexity index is 530. The normalized spacial score (nSPS) is 23.1. The van der Waals surface area contributed by atoms with Crippen molar-refractivity contribution in [2.75, 3.05) is 18.5 Å². The molecule has 0 saturated heterocycles. The van der Waals surface area contributed by atoms with Crippen LogP contribution in [0, 0.1) is 0 Å². The number of aliphatic carboxylic acids is 1. The number of rotatable bonds is 1. The third kappa shape index (κ3) is 2.37. The van der Waals surface area contributed by atoms with E-state index in [-0.39, 0.29) is 13.0 Å². The Morgan fingerprint density at radius 3 is 2.63 bits per heavy atom. The Kier molecular flexibility index (Phi) is 2.97. The number of hydrogen-bond donors (Lipinski definition) is 2. The largest absolute Gasteiger partial charge is 0.480 e. The fourth-order valence-electron chi connectivity index (χ4n) is 2.32. The molecular weight excluding hydrogens is 261 g/mol. The van der Waals surface area contributed by atoms with Crippen LogP contribution in [-0.4, -0.2) is 30.2 Å². The summed E-state index contributed by atoms with van der Waals surface area (Å²) in [7, 11) is 1.61. The Morgan fingerprint density at radius 2 is 2.11 bits per heavy atom. The minimum absolute atomic E-state index is 0.0562. The zero-order valence-corrected chi connectivity index (χ0v) is 10.2. The van der Waals surface area contributed by atoms with Gasteiger partial charge in [-0.2, -0.15) is 13.2 Å². The second-order valence-corrected chi connectivity index (χ2v) is 4.84. The van der Waals surface area contributed by atoms with Gasteiger partial charge in [0.15, 0.2) is 0 Å². The topological polar surface area (TPSA) is 66.6 Å². The van der Waals surface area contributed by atoms with Crippen molar-refractivity contribution in [3.8, 4) is 0 Å². The summed E-state index contributed by atoms with van der Waals surface area (Å²) < 4.78 is 37.9. The number of benzene rings is 1. The van der Waals surface area contributed by atoms with E-state index in [2.05, 4.69) is 0 Å². The molecule has 0 bridgehead atoms. The van der Waals surface area contributed by atoms with Crippen molar-refractivity contribution in [2.24, 2.45) is 5.73 Å². The zero-order chi connectivity index (χ0) is 14.4. The average molecular weight is 274 g/mol. The molecule has 4 nitrogen and oxygen atoms in total. The molecule has 0 aromatic heterocycles. The van der Waals surface area contributed by atoms with Gasteiger partial charge in [0.1, 0.15) is 5.54 Å². The molecule has 0 radical (unpaired) electrons. The molecule has 0 saturated carbocycles. The average Bonchev–Trinajstić information content (AvgIpc) is 2.26. The highest BCUT2D eigenvalue weighted by atomic mass is 19.4. The number of carboxylic acids is 1. The number of fused-ring (bicyclic) bond motifs is 1. The lowest BCUT2D eigenvalue weighted by atomic mass is 9.86. The molecule has 7 heteroatoms. The van der Waals surface area contributed by atoms with Crippen LogP contribution < -0.4 is 10.6 Å². The fourth-order valence-corrected chi connectivity index (χ4v) is 2.32. The van der Waals surface area contributed by atoms with Crippen molar-refractivity contribution >= 4 is 11.7 Å². The van der Waals surface area contributed by atoms with Gasteiger partial charge >= 0.3 is 12.1 Å². The summed E-state index contributed by atoms with van der Waals surface area (Å²) in [6.45, 7) is 0.0562. The third-order valence-electron chi connectivity index (χ3n) is 3.27. The van der Waals surface area contributed by atoms with Gasteiger partial charge in [-0.25, -0.2) is 0 Å². The van der Waals surface area contributed by atoms with E-state index in [0.717, 1.165) is 12.1 Å². The number of hydrogen-bond acceptors (Lipinski definition) is 3. The number of anilines is 1. The van der Waals surface area contributed by atoms with Crippen LogP contribution in [0.4, 0.5) is 18.9 Å². The van der Waals surface area contributed by atoms with Gasteiger partial charge in [-0.3, -0.25) is 4.79 Å². The Balaban J connectivity index is 2.47. The van der Waals surface area contributed by atoms with Crippen molar-refractivity contribution in [3.63, 3.8) is 0 Å². The molecule has 1 aliphatic heterocycles. The second kappa shape index (κ2) is 4.12. The molecule has 1 aliphatic rings. The summed E-state index contributed by atoms with van der Waals surface area (Å²) in [4.78, 5) is 12.7. The summed E-state index contributed by atoms with van der Waals surface area (Å²) in [5.41, 5.74) is 4.26. The predicted molar refractivity (Wildman–Crippen MR) is 63.0 cm³/mol. The van der Waals surface area contributed by atoms with Crippen LogP contribution in [0.2, 0.25) is 0 Å². The van der Waals surface area contributed by atoms with Crippen LogP contribution in [0.25, 0.3) is 0 Å². The van der Waals surface area contributed by atoms with Crippen LogP contribution in [-0.2, 0) is 17.4 Å². The van der Waals surface area contributed by atoms with Crippen molar-refractivity contribution < 1.29 is 23.1 Å². The van der Waals surface area contributed by atoms with E-state index in [9.17, 15) is 18.0 Å². The van der Waals surface area contributed by atoms with E-state index in [1.807, 2.05) is 0 Å². The number of nitrogens with zero attached hydrogens (tertiary/aromatic N) is 1. The SMILES string of the molecule is CN1CC(N)(C(=O)O)Cc2cc(C(F)(F)F)ccc21. The first-order valence-corrected chi connectivity index (χ1v) is 5.57. The highest BCUT2D eigenvalue weighted by Gasteiger charge is 2.41. The maximum absolute atomic E-state index is 12.6. The van der Waals surface area contributed by atoms with Crippen LogP contribution in [0.15, 0.2) is 18.2 Å². The predicted octanol–water partition coefficient (Wildman–Crippen LogP) is 1.48. The first-order chi connectivity index (χ1) is 8.63. The summed E-state index contributed by atoms with van der Waals surface area (Å²) in [5.74, 6) is -1.22. The first-order valence-electron chi connectivity index (χ1n) is 5.57. The van der Waals surface area contributed by atoms with Crippen LogP contribution in [0.5, 0.6) is 0 Å². The van der Waals surface area contributed by atoms with Crippen LogP contribution in [0.1, 0.15) is 11.1 Å². The lowest BCUT2D eigenvalue weighted by Gasteiger charge is -2.38. The molecule has 19 heavy (non-hydrogen) atoms. The van der Waals surface area contributed by atoms with Crippen LogP contribution >= 0.6 is 0 Å². The molecule has 1 unspecified atom stereocenters. The maximum atomic E-state index is 12.6. The van der Waals surface area contributed by atoms with Crippen molar-refractivity contribution in [2.45, 2.75) is 18.1 Å². The number of likely N-dealkylation sites (N-methyl/N-ethyl adjacent to an activating group) is 1. The van der Waals surface area contributed by atoms with Crippen LogP contribution in [0.3, 0.4) is 0 Å². The summed E-state index contributed by atoms with van der Waals surface area (Å²) in [6, 6.07) is 3.30. The lowest BCUT2D eigenvalue weighted by molar-refractivity contribution is -0.143. The van der Waals surface area contributed by atoms with E-state index >= 15 is 0 Å². The van der Waals surface area contributed by atoms with Gasteiger partial charge in [0, 0.05) is 25.7 Å². The maximum Gasteiger partial charge on any atom is 0.416 e. The number of carbonyl (C=O) groups is 1. The minimum atomic E-state index is -4.45. The third-order valence-corrected chi connectivity index (χ3v) is 3.27. The Hall–Kier alpha value is -1.76. The molecule has 0 amide bonds. The van der Waals surface area contributed by atoms with E-state index < -0.39 is 23.2 Å². The van der Waals surface area contributed by atoms with Gasteiger partial charge in [0.05, 0.1) is 5.56 Å². The smallest absolute Gasteiger partial charge is 0.416 e. The van der Waals surface area contributed by atoms with Gasteiger partial charge in [-0.05, 0) is 23.8 Å². The summed E-state index contributed by atoms with van der Waals surface area (Å²) in [5, 5.41) is 9.10. The van der Waals surface area contributed by atoms with Crippen molar-refractivity contribution in [1.29, 1.82) is 0 Å². The fraction of sp³-hybridized carbons (Fsp3) is 0.417. The molecule has 2 rings (SSSR count). The second-order valence-electron chi connectivity index (χ2n) is 4.84. The molecular formula is C12H13F3N2O2. The number of carboxylic acid groups (broad SMARTS) is 1. The zero-order valence-electron chi connectivity index (χ0n) is 10.2. The van der Waals surface area contributed by atoms with Crippen molar-refractivity contribution in [3.05, 3.63) is 29.3 Å². The number of alkyl halides is 3. The molecule has 104 valence electrons. The molecule has 1 aromatic carbocycles. The number of halogens is 3. The molecule has 1 atom stereocenters. The Morgan fingerprint density at radius 1 is 1.47 bits per heavy atom. The molecule has 3 N–H and O–H groups in total. The molecule has 0 spiro atoms. The quantitative estimate of drug-likeness (QED) is 0.814. The monoisotopic (exact) mass is 274 g/mol. The first kappa shape index (κ1) is 13.7. The van der Waals surface area contributed by atoms with E-state index in [1.165, 1.54) is 6.07 Å². The summed E-state index contributed by atoms with van der Waals surface area (Å²) in [6.07, 6.45) is -4.57. The highest BCUT2D eigenvalue weighted by Crippen LogP contribution is 2.36.